The molecule has 0 bridgehead atoms. The Kier molecular flexibility index (Phi) is 2.67. The Morgan fingerprint density at radius 1 is 1.25 bits per heavy atom. The molecular formula is C17H22O3. The molecule has 0 spiro atoms. The molecular weight excluding hydrogens is 252 g/mol. The Morgan fingerprint density at radius 2 is 2.10 bits per heavy atom. The second kappa shape index (κ2) is 4.22. The van der Waals surface area contributed by atoms with Crippen LogP contribution in [0.1, 0.15) is 43.4 Å². The Hall–Kier alpha value is -1.06. The van der Waals surface area contributed by atoms with Gasteiger partial charge < -0.3 is 14.9 Å². The third-order valence-electron chi connectivity index (χ3n) is 6.02. The average Bonchev–Trinajstić information content (AvgIpc) is 2.74. The van der Waals surface area contributed by atoms with Crippen LogP contribution in [0.15, 0.2) is 18.2 Å². The van der Waals surface area contributed by atoms with E-state index in [-0.39, 0.29) is 17.6 Å². The smallest absolute Gasteiger partial charge is 0.115 e. The van der Waals surface area contributed by atoms with Crippen molar-refractivity contribution in [3.63, 3.8) is 0 Å². The number of aryl methyl sites for hydroxylation is 1. The quantitative estimate of drug-likeness (QED) is 0.765. The zero-order valence-corrected chi connectivity index (χ0v) is 11.9. The number of hydrogen-bond donors (Lipinski definition) is 2. The maximum Gasteiger partial charge on any atom is 0.115 e. The summed E-state index contributed by atoms with van der Waals surface area (Å²) in [5, 5.41) is 19.9. The lowest BCUT2D eigenvalue weighted by Gasteiger charge is -2.49. The number of phenols is 1. The fraction of sp³-hybridized carbons (Fsp3) is 0.647. The monoisotopic (exact) mass is 274 g/mol. The van der Waals surface area contributed by atoms with Crippen LogP contribution in [-0.4, -0.2) is 22.9 Å². The van der Waals surface area contributed by atoms with Crippen molar-refractivity contribution in [3.05, 3.63) is 29.3 Å². The molecule has 3 heteroatoms. The van der Waals surface area contributed by atoms with E-state index in [4.69, 9.17) is 4.74 Å². The molecule has 20 heavy (non-hydrogen) atoms. The summed E-state index contributed by atoms with van der Waals surface area (Å²) >= 11 is 0. The maximum atomic E-state index is 10.3. The van der Waals surface area contributed by atoms with Crippen molar-refractivity contribution in [2.45, 2.75) is 44.8 Å². The summed E-state index contributed by atoms with van der Waals surface area (Å²) in [4.78, 5) is 0. The number of aromatic hydroxyl groups is 1. The van der Waals surface area contributed by atoms with E-state index in [2.05, 4.69) is 6.92 Å². The van der Waals surface area contributed by atoms with E-state index in [1.165, 1.54) is 11.1 Å². The van der Waals surface area contributed by atoms with Gasteiger partial charge in [0.25, 0.3) is 0 Å². The summed E-state index contributed by atoms with van der Waals surface area (Å²) in [6, 6.07) is 5.67. The first-order chi connectivity index (χ1) is 9.59. The van der Waals surface area contributed by atoms with Gasteiger partial charge >= 0.3 is 0 Å². The molecule has 0 amide bonds. The van der Waals surface area contributed by atoms with Crippen LogP contribution in [0.25, 0.3) is 0 Å². The molecule has 3 aliphatic rings. The van der Waals surface area contributed by atoms with Crippen molar-refractivity contribution in [2.75, 3.05) is 6.61 Å². The molecule has 108 valence electrons. The molecule has 2 N–H and O–H groups in total. The van der Waals surface area contributed by atoms with Gasteiger partial charge in [0, 0.05) is 5.41 Å². The molecule has 2 aliphatic carbocycles. The van der Waals surface area contributed by atoms with Gasteiger partial charge in [0.1, 0.15) is 5.75 Å². The van der Waals surface area contributed by atoms with Gasteiger partial charge in [0.15, 0.2) is 0 Å². The number of hydrogen-bond acceptors (Lipinski definition) is 3. The molecule has 0 unspecified atom stereocenters. The van der Waals surface area contributed by atoms with Crippen LogP contribution in [0.4, 0.5) is 0 Å². The van der Waals surface area contributed by atoms with Crippen molar-refractivity contribution in [1.29, 1.82) is 0 Å². The van der Waals surface area contributed by atoms with Crippen LogP contribution < -0.4 is 0 Å². The summed E-state index contributed by atoms with van der Waals surface area (Å²) in [6.45, 7) is 2.85. The Balaban J connectivity index is 1.71. The summed E-state index contributed by atoms with van der Waals surface area (Å²) in [5.41, 5.74) is 2.42. The van der Waals surface area contributed by atoms with Gasteiger partial charge in [0.05, 0.1) is 18.8 Å². The van der Waals surface area contributed by atoms with Gasteiger partial charge in [-0.25, -0.2) is 0 Å². The summed E-state index contributed by atoms with van der Waals surface area (Å²) in [5.74, 6) is 1.43. The van der Waals surface area contributed by atoms with Crippen LogP contribution in [0.5, 0.6) is 5.75 Å². The molecule has 1 aromatic carbocycles. The molecule has 2 fully saturated rings. The topological polar surface area (TPSA) is 49.7 Å². The Labute approximate surface area is 119 Å². The highest BCUT2D eigenvalue weighted by atomic mass is 16.5. The average molecular weight is 274 g/mol. The van der Waals surface area contributed by atoms with Crippen LogP contribution in [0.3, 0.4) is 0 Å². The highest BCUT2D eigenvalue weighted by Gasteiger charge is 2.55. The van der Waals surface area contributed by atoms with E-state index in [0.717, 1.165) is 25.7 Å². The SMILES string of the molecule is C[C@]12CO[C@@H]3c4ccc(O)cc4CC[C@H]3[C@@H]1CC[C@@H]2O. The van der Waals surface area contributed by atoms with Gasteiger partial charge in [-0.2, -0.15) is 0 Å². The summed E-state index contributed by atoms with van der Waals surface area (Å²) < 4.78 is 6.19. The molecule has 4 rings (SSSR count). The first kappa shape index (κ1) is 12.7. The van der Waals surface area contributed by atoms with E-state index >= 15 is 0 Å². The molecule has 3 nitrogen and oxygen atoms in total. The molecule has 1 aromatic rings. The van der Waals surface area contributed by atoms with Crippen molar-refractivity contribution in [1.82, 2.24) is 0 Å². The number of benzene rings is 1. The van der Waals surface area contributed by atoms with E-state index in [9.17, 15) is 10.2 Å². The van der Waals surface area contributed by atoms with Gasteiger partial charge in [-0.1, -0.05) is 13.0 Å². The van der Waals surface area contributed by atoms with Crippen LogP contribution in [0, 0.1) is 17.3 Å². The molecule has 0 aromatic heterocycles. The Morgan fingerprint density at radius 3 is 2.95 bits per heavy atom. The summed E-state index contributed by atoms with van der Waals surface area (Å²) in [6.07, 6.45) is 4.09. The third kappa shape index (κ3) is 1.60. The van der Waals surface area contributed by atoms with E-state index in [0.29, 0.717) is 24.2 Å². The van der Waals surface area contributed by atoms with Gasteiger partial charge in [-0.15, -0.1) is 0 Å². The number of fused-ring (bicyclic) bond motifs is 5. The number of rotatable bonds is 0. The lowest BCUT2D eigenvalue weighted by atomic mass is 9.64. The number of phenolic OH excluding ortho intramolecular Hbond substituents is 1. The minimum absolute atomic E-state index is 0.0599. The highest BCUT2D eigenvalue weighted by molar-refractivity contribution is 5.39. The summed E-state index contributed by atoms with van der Waals surface area (Å²) in [7, 11) is 0. The van der Waals surface area contributed by atoms with Crippen molar-refractivity contribution in [2.24, 2.45) is 17.3 Å². The van der Waals surface area contributed by atoms with Crippen LogP contribution in [0.2, 0.25) is 0 Å². The zero-order valence-electron chi connectivity index (χ0n) is 11.9. The van der Waals surface area contributed by atoms with E-state index in [1.54, 1.807) is 6.07 Å². The maximum absolute atomic E-state index is 10.3. The van der Waals surface area contributed by atoms with Gasteiger partial charge in [0.2, 0.25) is 0 Å². The number of ether oxygens (including phenoxy) is 1. The van der Waals surface area contributed by atoms with Crippen molar-refractivity contribution < 1.29 is 14.9 Å². The molecule has 1 saturated carbocycles. The first-order valence-electron chi connectivity index (χ1n) is 7.71. The second-order valence-electron chi connectivity index (χ2n) is 7.02. The Bertz CT molecular complexity index is 541. The van der Waals surface area contributed by atoms with Gasteiger partial charge in [-0.05, 0) is 60.8 Å². The second-order valence-corrected chi connectivity index (χ2v) is 7.02. The first-order valence-corrected chi connectivity index (χ1v) is 7.71. The molecule has 1 aliphatic heterocycles. The fourth-order valence-corrected chi connectivity index (χ4v) is 4.84. The lowest BCUT2D eigenvalue weighted by molar-refractivity contribution is -0.156. The third-order valence-corrected chi connectivity index (χ3v) is 6.02. The number of aliphatic hydroxyl groups excluding tert-OH is 1. The van der Waals surface area contributed by atoms with Crippen LogP contribution in [-0.2, 0) is 11.2 Å². The lowest BCUT2D eigenvalue weighted by Crippen LogP contribution is -2.48. The van der Waals surface area contributed by atoms with E-state index in [1.807, 2.05) is 12.1 Å². The highest BCUT2D eigenvalue weighted by Crippen LogP contribution is 2.57. The largest absolute Gasteiger partial charge is 0.508 e. The predicted octanol–water partition coefficient (Wildman–Crippen LogP) is 2.80. The van der Waals surface area contributed by atoms with Crippen molar-refractivity contribution in [3.8, 4) is 5.75 Å². The molecule has 5 atom stereocenters. The normalized spacial score (nSPS) is 42.7. The van der Waals surface area contributed by atoms with Gasteiger partial charge in [-0.3, -0.25) is 0 Å². The van der Waals surface area contributed by atoms with Crippen molar-refractivity contribution >= 4 is 0 Å². The van der Waals surface area contributed by atoms with E-state index < -0.39 is 0 Å². The molecule has 1 heterocycles. The minimum atomic E-state index is -0.213. The standard InChI is InChI=1S/C17H22O3/c1-17-9-20-16-12-5-3-11(18)8-10(12)2-4-13(16)14(17)6-7-15(17)19/h3,5,8,13-16,18-19H,2,4,6-7,9H2,1H3/t13-,14-,15-,16+,17-/m0/s1. The van der Waals surface area contributed by atoms with Crippen LogP contribution >= 0.6 is 0 Å². The minimum Gasteiger partial charge on any atom is -0.508 e. The predicted molar refractivity (Wildman–Crippen MR) is 75.4 cm³/mol. The zero-order chi connectivity index (χ0) is 13.9. The molecule has 1 saturated heterocycles. The molecule has 0 radical (unpaired) electrons. The fourth-order valence-electron chi connectivity index (χ4n) is 4.84. The number of aliphatic hydroxyl groups is 1.